The number of hydrogen-bond acceptors (Lipinski definition) is 4. The summed E-state index contributed by atoms with van der Waals surface area (Å²) in [6, 6.07) is 18.0. The second-order valence-electron chi connectivity index (χ2n) is 7.11. The van der Waals surface area contributed by atoms with Crippen molar-refractivity contribution in [3.05, 3.63) is 69.0 Å². The molecule has 0 fully saturated rings. The smallest absolute Gasteiger partial charge is 0.0445 e. The number of hydrogen-bond donors (Lipinski definition) is 0. The van der Waals surface area contributed by atoms with E-state index in [1.165, 1.54) is 70.9 Å². The van der Waals surface area contributed by atoms with Crippen LogP contribution in [-0.2, 0) is 12.8 Å². The molecule has 4 heterocycles. The van der Waals surface area contributed by atoms with Gasteiger partial charge in [0.05, 0.1) is 0 Å². The van der Waals surface area contributed by atoms with E-state index >= 15 is 0 Å². The molecular weight excluding hydrogens is 417 g/mol. The van der Waals surface area contributed by atoms with Gasteiger partial charge in [0.2, 0.25) is 0 Å². The van der Waals surface area contributed by atoms with Crippen LogP contribution in [0, 0.1) is 0 Å². The first kappa shape index (κ1) is 20.1. The molecule has 0 unspecified atom stereocenters. The Balaban J connectivity index is 1.07. The second-order valence-corrected chi connectivity index (χ2v) is 11.3. The summed E-state index contributed by atoms with van der Waals surface area (Å²) in [7, 11) is 0. The van der Waals surface area contributed by atoms with Gasteiger partial charge in [-0.2, -0.15) is 0 Å². The molecule has 4 aromatic rings. The molecule has 0 aliphatic rings. The van der Waals surface area contributed by atoms with Crippen molar-refractivity contribution in [3.8, 4) is 19.5 Å². The Kier molecular flexibility index (Phi) is 7.56. The van der Waals surface area contributed by atoms with Gasteiger partial charge in [-0.05, 0) is 72.8 Å². The van der Waals surface area contributed by atoms with Crippen LogP contribution in [0.2, 0.25) is 0 Å². The molecule has 0 aromatic carbocycles. The minimum absolute atomic E-state index is 1.25. The van der Waals surface area contributed by atoms with Crippen LogP contribution in [0.5, 0.6) is 0 Å². The van der Waals surface area contributed by atoms with Gasteiger partial charge in [-0.25, -0.2) is 0 Å². The molecule has 0 nitrogen and oxygen atoms in total. The third kappa shape index (κ3) is 5.66. The highest BCUT2D eigenvalue weighted by atomic mass is 32.1. The van der Waals surface area contributed by atoms with Gasteiger partial charge in [0, 0.05) is 29.3 Å². The molecule has 0 atom stereocenters. The van der Waals surface area contributed by atoms with Crippen LogP contribution in [0.25, 0.3) is 19.5 Å². The van der Waals surface area contributed by atoms with E-state index in [-0.39, 0.29) is 0 Å². The zero-order valence-electron chi connectivity index (χ0n) is 16.1. The first-order chi connectivity index (χ1) is 13.9. The maximum Gasteiger partial charge on any atom is 0.0445 e. The van der Waals surface area contributed by atoms with Crippen LogP contribution in [0.4, 0.5) is 0 Å². The summed E-state index contributed by atoms with van der Waals surface area (Å²) in [5, 5.41) is 4.33. The van der Waals surface area contributed by atoms with Crippen molar-refractivity contribution in [1.82, 2.24) is 0 Å². The lowest BCUT2D eigenvalue weighted by atomic mass is 10.1. The summed E-state index contributed by atoms with van der Waals surface area (Å²) in [5.74, 6) is 0. The summed E-state index contributed by atoms with van der Waals surface area (Å²) in [5.41, 5.74) is 0. The number of thiophene rings is 4. The van der Waals surface area contributed by atoms with Gasteiger partial charge < -0.3 is 0 Å². The van der Waals surface area contributed by atoms with E-state index in [9.17, 15) is 0 Å². The lowest BCUT2D eigenvalue weighted by Crippen LogP contribution is -1.85. The zero-order chi connectivity index (χ0) is 19.0. The number of unbranched alkanes of at least 4 members (excludes halogenated alkanes) is 5. The minimum atomic E-state index is 1.25. The molecule has 146 valence electrons. The predicted octanol–water partition coefficient (Wildman–Crippen LogP) is 9.39. The first-order valence-corrected chi connectivity index (χ1v) is 13.5. The van der Waals surface area contributed by atoms with E-state index in [1.54, 1.807) is 9.75 Å². The number of rotatable bonds is 11. The van der Waals surface area contributed by atoms with Crippen LogP contribution in [0.15, 0.2) is 59.3 Å². The summed E-state index contributed by atoms with van der Waals surface area (Å²) in [6.07, 6.45) is 10.7. The van der Waals surface area contributed by atoms with Crippen LogP contribution in [0.3, 0.4) is 0 Å². The highest BCUT2D eigenvalue weighted by molar-refractivity contribution is 7.21. The summed E-state index contributed by atoms with van der Waals surface area (Å²) < 4.78 is 0. The van der Waals surface area contributed by atoms with E-state index in [4.69, 9.17) is 0 Å². The Bertz CT molecular complexity index is 847. The molecular formula is C24H26S4. The van der Waals surface area contributed by atoms with Gasteiger partial charge in [0.25, 0.3) is 0 Å². The topological polar surface area (TPSA) is 0 Å². The fourth-order valence-corrected chi connectivity index (χ4v) is 7.20. The second kappa shape index (κ2) is 10.5. The van der Waals surface area contributed by atoms with Gasteiger partial charge in [0.1, 0.15) is 0 Å². The molecule has 4 heteroatoms. The summed E-state index contributed by atoms with van der Waals surface area (Å²) in [6.45, 7) is 0. The molecule has 0 aliphatic heterocycles. The average Bonchev–Trinajstić information content (AvgIpc) is 3.48. The molecule has 0 saturated heterocycles. The lowest BCUT2D eigenvalue weighted by molar-refractivity contribution is 0.596. The monoisotopic (exact) mass is 442 g/mol. The molecule has 0 aliphatic carbocycles. The fourth-order valence-electron chi connectivity index (χ4n) is 3.43. The molecule has 28 heavy (non-hydrogen) atoms. The maximum absolute atomic E-state index is 2.32. The molecule has 4 rings (SSSR count). The molecule has 0 amide bonds. The molecule has 0 saturated carbocycles. The molecule has 0 radical (unpaired) electrons. The standard InChI is InChI=1S/C24H26S4/c1(3-5-9-19-13-15-23(27-19)21-11-7-17-25-21)2-4-6-10-20-14-16-24(28-20)22-12-8-18-26-22/h7-8,11-18H,1-6,9-10H2. The average molecular weight is 443 g/mol. The highest BCUT2D eigenvalue weighted by Gasteiger charge is 2.05. The Morgan fingerprint density at radius 3 is 1.36 bits per heavy atom. The van der Waals surface area contributed by atoms with Crippen molar-refractivity contribution in [3.63, 3.8) is 0 Å². The summed E-state index contributed by atoms with van der Waals surface area (Å²) >= 11 is 7.63. The Morgan fingerprint density at radius 1 is 0.464 bits per heavy atom. The van der Waals surface area contributed by atoms with Crippen molar-refractivity contribution in [1.29, 1.82) is 0 Å². The highest BCUT2D eigenvalue weighted by Crippen LogP contribution is 2.33. The van der Waals surface area contributed by atoms with Gasteiger partial charge in [-0.15, -0.1) is 45.3 Å². The Hall–Kier alpha value is -1.20. The number of aryl methyl sites for hydroxylation is 2. The van der Waals surface area contributed by atoms with Crippen molar-refractivity contribution >= 4 is 45.3 Å². The van der Waals surface area contributed by atoms with E-state index < -0.39 is 0 Å². The van der Waals surface area contributed by atoms with Gasteiger partial charge in [0.15, 0.2) is 0 Å². The van der Waals surface area contributed by atoms with Crippen LogP contribution < -0.4 is 0 Å². The third-order valence-corrected chi connectivity index (χ3v) is 9.37. The van der Waals surface area contributed by atoms with E-state index in [0.29, 0.717) is 0 Å². The van der Waals surface area contributed by atoms with E-state index in [1.807, 2.05) is 45.3 Å². The van der Waals surface area contributed by atoms with Crippen molar-refractivity contribution in [2.45, 2.75) is 51.4 Å². The zero-order valence-corrected chi connectivity index (χ0v) is 19.3. The Morgan fingerprint density at radius 2 is 0.929 bits per heavy atom. The molecule has 0 N–H and O–H groups in total. The fraction of sp³-hybridized carbons (Fsp3) is 0.333. The van der Waals surface area contributed by atoms with Gasteiger partial charge in [-0.3, -0.25) is 0 Å². The Labute approximate surface area is 184 Å². The summed E-state index contributed by atoms with van der Waals surface area (Å²) in [4.78, 5) is 8.76. The third-order valence-electron chi connectivity index (χ3n) is 4.95. The van der Waals surface area contributed by atoms with Crippen LogP contribution >= 0.6 is 45.3 Å². The SMILES string of the molecule is c1csc(-c2ccc(CCCCCCCCc3ccc(-c4cccs4)s3)s2)c1. The van der Waals surface area contributed by atoms with Crippen molar-refractivity contribution in [2.24, 2.45) is 0 Å². The van der Waals surface area contributed by atoms with Crippen LogP contribution in [0.1, 0.15) is 48.3 Å². The predicted molar refractivity (Wildman–Crippen MR) is 130 cm³/mol. The maximum atomic E-state index is 2.32. The lowest BCUT2D eigenvalue weighted by Gasteiger charge is -2.01. The quantitative estimate of drug-likeness (QED) is 0.203. The van der Waals surface area contributed by atoms with E-state index in [0.717, 1.165) is 0 Å². The van der Waals surface area contributed by atoms with Gasteiger partial charge in [-0.1, -0.05) is 37.8 Å². The normalized spacial score (nSPS) is 11.3. The minimum Gasteiger partial charge on any atom is -0.143 e. The van der Waals surface area contributed by atoms with Crippen LogP contribution in [-0.4, -0.2) is 0 Å². The largest absolute Gasteiger partial charge is 0.143 e. The molecule has 0 spiro atoms. The van der Waals surface area contributed by atoms with Crippen molar-refractivity contribution < 1.29 is 0 Å². The molecule has 4 aromatic heterocycles. The van der Waals surface area contributed by atoms with Gasteiger partial charge >= 0.3 is 0 Å². The first-order valence-electron chi connectivity index (χ1n) is 10.1. The van der Waals surface area contributed by atoms with E-state index in [2.05, 4.69) is 59.3 Å². The molecule has 0 bridgehead atoms. The van der Waals surface area contributed by atoms with Crippen molar-refractivity contribution in [2.75, 3.05) is 0 Å².